The monoisotopic (exact) mass is 273 g/mol. The van der Waals surface area contributed by atoms with Gasteiger partial charge in [0, 0.05) is 26.9 Å². The Morgan fingerprint density at radius 2 is 2.11 bits per heavy atom. The third-order valence-corrected chi connectivity index (χ3v) is 3.57. The van der Waals surface area contributed by atoms with Crippen molar-refractivity contribution in [2.75, 3.05) is 40.1 Å². The van der Waals surface area contributed by atoms with Crippen molar-refractivity contribution in [3.05, 3.63) is 0 Å². The molecule has 1 aliphatic rings. The van der Waals surface area contributed by atoms with Crippen LogP contribution < -0.4 is 11.5 Å². The molecule has 1 heterocycles. The van der Waals surface area contributed by atoms with Crippen LogP contribution in [0.5, 0.6) is 0 Å². The number of amides is 1. The van der Waals surface area contributed by atoms with E-state index in [4.69, 9.17) is 20.9 Å². The Labute approximate surface area is 115 Å². The zero-order valence-corrected chi connectivity index (χ0v) is 12.0. The van der Waals surface area contributed by atoms with Crippen molar-refractivity contribution in [3.63, 3.8) is 0 Å². The summed E-state index contributed by atoms with van der Waals surface area (Å²) in [5.41, 5.74) is 11.8. The van der Waals surface area contributed by atoms with E-state index in [1.165, 1.54) is 0 Å². The Morgan fingerprint density at radius 1 is 1.47 bits per heavy atom. The summed E-state index contributed by atoms with van der Waals surface area (Å²) in [7, 11) is 1.65. The molecule has 0 aliphatic carbocycles. The number of nitrogens with zero attached hydrogens (tertiary/aromatic N) is 1. The number of hydrogen-bond donors (Lipinski definition) is 2. The summed E-state index contributed by atoms with van der Waals surface area (Å²) in [5.74, 6) is 0.393. The quantitative estimate of drug-likeness (QED) is 0.625. The first-order valence-electron chi connectivity index (χ1n) is 6.91. The highest BCUT2D eigenvalue weighted by Crippen LogP contribution is 2.19. The Morgan fingerprint density at radius 3 is 2.63 bits per heavy atom. The highest BCUT2D eigenvalue weighted by atomic mass is 16.5. The van der Waals surface area contributed by atoms with Crippen LogP contribution in [0.3, 0.4) is 0 Å². The molecular weight excluding hydrogens is 246 g/mol. The summed E-state index contributed by atoms with van der Waals surface area (Å²) in [6.45, 7) is 4.79. The number of ether oxygens (including phenoxy) is 2. The van der Waals surface area contributed by atoms with E-state index in [1.54, 1.807) is 12.0 Å². The topological polar surface area (TPSA) is 90.8 Å². The lowest BCUT2D eigenvalue weighted by atomic mass is 9.91. The number of carbonyl (C=O) groups excluding carboxylic acids is 1. The summed E-state index contributed by atoms with van der Waals surface area (Å²) in [6.07, 6.45) is 1.69. The minimum absolute atomic E-state index is 0.0580. The van der Waals surface area contributed by atoms with Gasteiger partial charge in [-0.25, -0.2) is 0 Å². The Kier molecular flexibility index (Phi) is 7.30. The number of carbonyl (C=O) groups is 1. The molecule has 6 nitrogen and oxygen atoms in total. The van der Waals surface area contributed by atoms with Crippen molar-refractivity contribution in [2.45, 2.75) is 25.8 Å². The Balaban J connectivity index is 2.51. The van der Waals surface area contributed by atoms with Crippen molar-refractivity contribution in [2.24, 2.45) is 23.3 Å². The maximum atomic E-state index is 12.4. The third-order valence-electron chi connectivity index (χ3n) is 3.57. The molecule has 0 aromatic carbocycles. The Hall–Kier alpha value is -0.690. The lowest BCUT2D eigenvalue weighted by molar-refractivity contribution is -0.135. The van der Waals surface area contributed by atoms with Crippen LogP contribution in [0, 0.1) is 11.8 Å². The van der Waals surface area contributed by atoms with Crippen LogP contribution in [0.2, 0.25) is 0 Å². The molecule has 6 heteroatoms. The first-order chi connectivity index (χ1) is 9.10. The molecule has 4 N–H and O–H groups in total. The van der Waals surface area contributed by atoms with E-state index in [0.29, 0.717) is 26.4 Å². The van der Waals surface area contributed by atoms with Crippen LogP contribution in [0.4, 0.5) is 0 Å². The average Bonchev–Trinajstić information content (AvgIpc) is 2.44. The van der Waals surface area contributed by atoms with Gasteiger partial charge in [0.25, 0.3) is 0 Å². The molecule has 1 fully saturated rings. The summed E-state index contributed by atoms with van der Waals surface area (Å²) in [6, 6.07) is -0.470. The van der Waals surface area contributed by atoms with Gasteiger partial charge < -0.3 is 25.8 Å². The van der Waals surface area contributed by atoms with Crippen molar-refractivity contribution in [1.29, 1.82) is 0 Å². The fourth-order valence-electron chi connectivity index (χ4n) is 2.46. The average molecular weight is 273 g/mol. The Bertz CT molecular complexity index is 270. The molecule has 112 valence electrons. The molecule has 0 radical (unpaired) electrons. The molecule has 0 spiro atoms. The van der Waals surface area contributed by atoms with Gasteiger partial charge in [-0.15, -0.1) is 0 Å². The first-order valence-corrected chi connectivity index (χ1v) is 6.91. The van der Waals surface area contributed by atoms with Gasteiger partial charge in [0.1, 0.15) is 0 Å². The summed E-state index contributed by atoms with van der Waals surface area (Å²) < 4.78 is 10.4. The van der Waals surface area contributed by atoms with Crippen molar-refractivity contribution in [3.8, 4) is 0 Å². The number of rotatable bonds is 7. The minimum atomic E-state index is -0.470. The van der Waals surface area contributed by atoms with Crippen LogP contribution in [0.15, 0.2) is 0 Å². The van der Waals surface area contributed by atoms with Crippen molar-refractivity contribution in [1.82, 2.24) is 4.90 Å². The maximum Gasteiger partial charge on any atom is 0.240 e. The lowest BCUT2D eigenvalue weighted by Crippen LogP contribution is -2.51. The zero-order valence-electron chi connectivity index (χ0n) is 12.0. The van der Waals surface area contributed by atoms with Gasteiger partial charge in [-0.2, -0.15) is 0 Å². The molecule has 1 rings (SSSR count). The van der Waals surface area contributed by atoms with Gasteiger partial charge in [0.05, 0.1) is 19.3 Å². The van der Waals surface area contributed by atoms with Gasteiger partial charge >= 0.3 is 0 Å². The van der Waals surface area contributed by atoms with E-state index in [2.05, 4.69) is 0 Å². The van der Waals surface area contributed by atoms with Crippen LogP contribution in [0.1, 0.15) is 19.8 Å². The van der Waals surface area contributed by atoms with E-state index in [-0.39, 0.29) is 24.4 Å². The maximum absolute atomic E-state index is 12.4. The van der Waals surface area contributed by atoms with Crippen LogP contribution in [0.25, 0.3) is 0 Å². The van der Waals surface area contributed by atoms with E-state index < -0.39 is 6.04 Å². The van der Waals surface area contributed by atoms with Gasteiger partial charge in [0.2, 0.25) is 5.91 Å². The molecule has 2 unspecified atom stereocenters. The van der Waals surface area contributed by atoms with E-state index in [1.807, 2.05) is 6.92 Å². The van der Waals surface area contributed by atoms with Gasteiger partial charge in [-0.1, -0.05) is 6.92 Å². The second-order valence-electron chi connectivity index (χ2n) is 5.28. The molecule has 2 atom stereocenters. The molecule has 1 amide bonds. The second-order valence-corrected chi connectivity index (χ2v) is 5.28. The molecule has 0 aromatic heterocycles. The van der Waals surface area contributed by atoms with E-state index in [9.17, 15) is 4.79 Å². The number of nitrogens with two attached hydrogens (primary N) is 2. The fourth-order valence-corrected chi connectivity index (χ4v) is 2.46. The summed E-state index contributed by atoms with van der Waals surface area (Å²) in [4.78, 5) is 14.0. The molecular formula is C13H27N3O3. The van der Waals surface area contributed by atoms with Gasteiger partial charge in [-0.05, 0) is 24.7 Å². The van der Waals surface area contributed by atoms with Gasteiger partial charge in [0.15, 0.2) is 0 Å². The molecule has 0 aromatic rings. The first kappa shape index (κ1) is 16.4. The van der Waals surface area contributed by atoms with Crippen molar-refractivity contribution < 1.29 is 14.3 Å². The van der Waals surface area contributed by atoms with Crippen LogP contribution in [-0.2, 0) is 14.3 Å². The fraction of sp³-hybridized carbons (Fsp3) is 0.923. The molecule has 1 saturated heterocycles. The lowest BCUT2D eigenvalue weighted by Gasteiger charge is -2.32. The van der Waals surface area contributed by atoms with Crippen LogP contribution >= 0.6 is 0 Å². The highest BCUT2D eigenvalue weighted by molar-refractivity contribution is 5.82. The minimum Gasteiger partial charge on any atom is -0.384 e. The molecule has 19 heavy (non-hydrogen) atoms. The second kappa shape index (κ2) is 8.47. The van der Waals surface area contributed by atoms with Crippen molar-refractivity contribution >= 4 is 5.91 Å². The highest BCUT2D eigenvalue weighted by Gasteiger charge is 2.29. The number of hydrogen-bond acceptors (Lipinski definition) is 5. The predicted octanol–water partition coefficient (Wildman–Crippen LogP) is -0.232. The van der Waals surface area contributed by atoms with E-state index >= 15 is 0 Å². The zero-order chi connectivity index (χ0) is 14.3. The standard InChI is InChI=1S/C13H27N3O3/c1-10(8-18-2)7-16(9-14)13(17)12(15)11-3-5-19-6-4-11/h10-12H,3-9,14-15H2,1-2H3. The largest absolute Gasteiger partial charge is 0.384 e. The summed E-state index contributed by atoms with van der Waals surface area (Å²) in [5, 5.41) is 0. The molecule has 0 bridgehead atoms. The van der Waals surface area contributed by atoms with Gasteiger partial charge in [-0.3, -0.25) is 4.79 Å². The molecule has 1 aliphatic heterocycles. The predicted molar refractivity (Wildman–Crippen MR) is 73.3 cm³/mol. The SMILES string of the molecule is COCC(C)CN(CN)C(=O)C(N)C1CCOCC1. The van der Waals surface area contributed by atoms with E-state index in [0.717, 1.165) is 12.8 Å². The smallest absolute Gasteiger partial charge is 0.240 e. The van der Waals surface area contributed by atoms with Crippen LogP contribution in [-0.4, -0.2) is 57.0 Å². The third kappa shape index (κ3) is 5.06. The number of methoxy groups -OCH3 is 1. The molecule has 0 saturated carbocycles. The normalized spacial score (nSPS) is 20.0. The summed E-state index contributed by atoms with van der Waals surface area (Å²) >= 11 is 0.